The molecule has 6 rings (SSSR count). The molecule has 0 spiro atoms. The lowest BCUT2D eigenvalue weighted by Gasteiger charge is -2.35. The molecule has 1 fully saturated rings. The lowest BCUT2D eigenvalue weighted by atomic mass is 9.99. The Morgan fingerprint density at radius 2 is 1.71 bits per heavy atom. The van der Waals surface area contributed by atoms with Crippen LogP contribution in [0.3, 0.4) is 0 Å². The number of piperazine rings is 1. The number of hydrogen-bond acceptors (Lipinski definition) is 5. The van der Waals surface area contributed by atoms with Crippen LogP contribution < -0.4 is 4.90 Å². The van der Waals surface area contributed by atoms with Crippen molar-refractivity contribution in [3.05, 3.63) is 82.5 Å². The van der Waals surface area contributed by atoms with Crippen molar-refractivity contribution in [1.82, 2.24) is 20.1 Å². The summed E-state index contributed by atoms with van der Waals surface area (Å²) in [6.45, 7) is 2.72. The Bertz CT molecular complexity index is 1370. The van der Waals surface area contributed by atoms with E-state index < -0.39 is 0 Å². The zero-order valence-electron chi connectivity index (χ0n) is 18.7. The number of nitrogens with zero attached hydrogens (tertiary/aromatic N) is 5. The zero-order valence-corrected chi connectivity index (χ0v) is 19.5. The lowest BCUT2D eigenvalue weighted by molar-refractivity contribution is 0.0747. The normalized spacial score (nSPS) is 15.6. The van der Waals surface area contributed by atoms with Gasteiger partial charge in [-0.1, -0.05) is 41.9 Å². The molecule has 1 aliphatic carbocycles. The van der Waals surface area contributed by atoms with Crippen molar-refractivity contribution in [2.24, 2.45) is 0 Å². The highest BCUT2D eigenvalue weighted by molar-refractivity contribution is 6.31. The third-order valence-electron chi connectivity index (χ3n) is 6.80. The minimum Gasteiger partial charge on any atom is -0.352 e. The first-order valence-electron chi connectivity index (χ1n) is 11.7. The number of halogens is 1. The molecular weight excluding hydrogens is 446 g/mol. The van der Waals surface area contributed by atoms with Crippen molar-refractivity contribution in [1.29, 1.82) is 0 Å². The molecule has 1 saturated heterocycles. The first-order chi connectivity index (χ1) is 16.7. The highest BCUT2D eigenvalue weighted by Crippen LogP contribution is 2.32. The van der Waals surface area contributed by atoms with Gasteiger partial charge >= 0.3 is 0 Å². The molecule has 0 radical (unpaired) electrons. The number of benzene rings is 2. The summed E-state index contributed by atoms with van der Waals surface area (Å²) in [5.41, 5.74) is 5.71. The van der Waals surface area contributed by atoms with Crippen LogP contribution in [0.5, 0.6) is 0 Å². The second-order valence-corrected chi connectivity index (χ2v) is 9.29. The Morgan fingerprint density at radius 3 is 2.47 bits per heavy atom. The number of aromatic nitrogens is 3. The van der Waals surface area contributed by atoms with E-state index in [2.05, 4.69) is 15.1 Å². The van der Waals surface area contributed by atoms with E-state index >= 15 is 0 Å². The van der Waals surface area contributed by atoms with E-state index in [1.807, 2.05) is 65.6 Å². The molecule has 0 unspecified atom stereocenters. The van der Waals surface area contributed by atoms with Crippen LogP contribution in [0, 0.1) is 0 Å². The number of hydrogen-bond donors (Lipinski definition) is 0. The fourth-order valence-electron chi connectivity index (χ4n) is 5.03. The first-order valence-corrected chi connectivity index (χ1v) is 12.1. The molecule has 6 nitrogen and oxygen atoms in total. The second kappa shape index (κ2) is 8.69. The van der Waals surface area contributed by atoms with Crippen LogP contribution in [0.1, 0.15) is 28.0 Å². The number of amides is 1. The van der Waals surface area contributed by atoms with Crippen LogP contribution in [-0.4, -0.2) is 52.2 Å². The summed E-state index contributed by atoms with van der Waals surface area (Å²) in [5, 5.41) is 10.4. The van der Waals surface area contributed by atoms with Crippen LogP contribution in [0.2, 0.25) is 5.02 Å². The van der Waals surface area contributed by atoms with Gasteiger partial charge < -0.3 is 9.80 Å². The van der Waals surface area contributed by atoms with E-state index in [1.165, 1.54) is 0 Å². The summed E-state index contributed by atoms with van der Waals surface area (Å²) in [5.74, 6) is 0.923. The second-order valence-electron chi connectivity index (χ2n) is 8.85. The van der Waals surface area contributed by atoms with Gasteiger partial charge in [0.2, 0.25) is 0 Å². The van der Waals surface area contributed by atoms with Gasteiger partial charge in [-0.15, -0.1) is 10.2 Å². The third kappa shape index (κ3) is 3.78. The standard InChI is InChI=1S/C27H24ClN5O/c28-19-9-10-24-21(17-19)26(20-7-4-8-23(20)29-24)27(34)33-15-13-32(14-16-33)25-12-11-22(30-31-25)18-5-2-1-3-6-18/h1-3,5-6,9-12,17H,4,7-8,13-16H2. The number of rotatable bonds is 3. The van der Waals surface area contributed by atoms with Crippen molar-refractivity contribution in [2.45, 2.75) is 19.3 Å². The van der Waals surface area contributed by atoms with Gasteiger partial charge in [-0.05, 0) is 55.2 Å². The van der Waals surface area contributed by atoms with Crippen LogP contribution >= 0.6 is 11.6 Å². The smallest absolute Gasteiger partial charge is 0.255 e. The Hall–Kier alpha value is -3.51. The number of anilines is 1. The van der Waals surface area contributed by atoms with Crippen molar-refractivity contribution >= 4 is 34.2 Å². The van der Waals surface area contributed by atoms with E-state index in [-0.39, 0.29) is 5.91 Å². The molecule has 34 heavy (non-hydrogen) atoms. The van der Waals surface area contributed by atoms with Gasteiger partial charge in [0.1, 0.15) is 0 Å². The zero-order chi connectivity index (χ0) is 23.1. The van der Waals surface area contributed by atoms with Crippen molar-refractivity contribution < 1.29 is 4.79 Å². The largest absolute Gasteiger partial charge is 0.352 e. The van der Waals surface area contributed by atoms with Crippen LogP contribution in [0.15, 0.2) is 60.7 Å². The molecule has 7 heteroatoms. The molecule has 1 aliphatic heterocycles. The number of aryl methyl sites for hydroxylation is 1. The number of pyridine rings is 1. The van der Waals surface area contributed by atoms with Crippen LogP contribution in [0.25, 0.3) is 22.2 Å². The maximum absolute atomic E-state index is 13.7. The van der Waals surface area contributed by atoms with E-state index in [1.54, 1.807) is 0 Å². The minimum atomic E-state index is 0.0815. The van der Waals surface area contributed by atoms with E-state index in [4.69, 9.17) is 16.6 Å². The molecule has 2 aromatic heterocycles. The molecule has 0 N–H and O–H groups in total. The van der Waals surface area contributed by atoms with Gasteiger partial charge in [-0.3, -0.25) is 9.78 Å². The quantitative estimate of drug-likeness (QED) is 0.431. The maximum atomic E-state index is 13.7. The Morgan fingerprint density at radius 1 is 0.882 bits per heavy atom. The van der Waals surface area contributed by atoms with Gasteiger partial charge in [-0.2, -0.15) is 0 Å². The molecule has 1 amide bonds. The molecule has 4 aromatic rings. The van der Waals surface area contributed by atoms with E-state index in [0.29, 0.717) is 18.1 Å². The topological polar surface area (TPSA) is 62.2 Å². The predicted octanol–water partition coefficient (Wildman–Crippen LogP) is 4.80. The monoisotopic (exact) mass is 469 g/mol. The van der Waals surface area contributed by atoms with Gasteiger partial charge in [-0.25, -0.2) is 0 Å². The third-order valence-corrected chi connectivity index (χ3v) is 7.03. The van der Waals surface area contributed by atoms with Gasteiger partial charge in [0.05, 0.1) is 16.8 Å². The minimum absolute atomic E-state index is 0.0815. The highest BCUT2D eigenvalue weighted by atomic mass is 35.5. The SMILES string of the molecule is O=C(c1c2c(nc3ccc(Cl)cc13)CCC2)N1CCN(c2ccc(-c3ccccc3)nn2)CC1. The number of fused-ring (bicyclic) bond motifs is 2. The lowest BCUT2D eigenvalue weighted by Crippen LogP contribution is -2.49. The average Bonchev–Trinajstić information content (AvgIpc) is 3.36. The summed E-state index contributed by atoms with van der Waals surface area (Å²) in [7, 11) is 0. The summed E-state index contributed by atoms with van der Waals surface area (Å²) < 4.78 is 0. The van der Waals surface area contributed by atoms with E-state index in [0.717, 1.165) is 77.2 Å². The highest BCUT2D eigenvalue weighted by Gasteiger charge is 2.29. The maximum Gasteiger partial charge on any atom is 0.255 e. The summed E-state index contributed by atoms with van der Waals surface area (Å²) in [6.07, 6.45) is 2.87. The molecule has 2 aromatic carbocycles. The molecule has 0 bridgehead atoms. The molecule has 2 aliphatic rings. The molecule has 170 valence electrons. The summed E-state index contributed by atoms with van der Waals surface area (Å²) in [4.78, 5) is 22.7. The number of carbonyl (C=O) groups is 1. The molecule has 0 saturated carbocycles. The Balaban J connectivity index is 1.21. The number of carbonyl (C=O) groups excluding carboxylic acids is 1. The average molecular weight is 470 g/mol. The predicted molar refractivity (Wildman–Crippen MR) is 134 cm³/mol. The fraction of sp³-hybridized carbons (Fsp3) is 0.259. The fourth-order valence-corrected chi connectivity index (χ4v) is 5.20. The Labute approximate surface area is 203 Å². The Kier molecular flexibility index (Phi) is 5.38. The molecule has 3 heterocycles. The first kappa shape index (κ1) is 21.1. The van der Waals surface area contributed by atoms with Crippen LogP contribution in [0.4, 0.5) is 5.82 Å². The van der Waals surface area contributed by atoms with Gasteiger partial charge in [0, 0.05) is 47.8 Å². The molecular formula is C27H24ClN5O. The van der Waals surface area contributed by atoms with Crippen molar-refractivity contribution in [2.75, 3.05) is 31.1 Å². The van der Waals surface area contributed by atoms with Crippen molar-refractivity contribution in [3.8, 4) is 11.3 Å². The van der Waals surface area contributed by atoms with Gasteiger partial charge in [0.25, 0.3) is 5.91 Å². The van der Waals surface area contributed by atoms with Gasteiger partial charge in [0.15, 0.2) is 5.82 Å². The molecule has 0 atom stereocenters. The van der Waals surface area contributed by atoms with Crippen molar-refractivity contribution in [3.63, 3.8) is 0 Å². The van der Waals surface area contributed by atoms with Crippen LogP contribution in [-0.2, 0) is 12.8 Å². The summed E-state index contributed by atoms with van der Waals surface area (Å²) in [6, 6.07) is 19.7. The summed E-state index contributed by atoms with van der Waals surface area (Å²) >= 11 is 6.30. The van der Waals surface area contributed by atoms with E-state index in [9.17, 15) is 4.79 Å².